The molecule has 2 aromatic heterocycles. The van der Waals surface area contributed by atoms with Crippen LogP contribution in [-0.2, 0) is 13.0 Å². The summed E-state index contributed by atoms with van der Waals surface area (Å²) < 4.78 is 13.4. The Kier molecular flexibility index (Phi) is 7.15. The summed E-state index contributed by atoms with van der Waals surface area (Å²) in [4.78, 5) is 8.94. The predicted molar refractivity (Wildman–Crippen MR) is 124 cm³/mol. The molecule has 0 unspecified atom stereocenters. The highest BCUT2D eigenvalue weighted by Gasteiger charge is 2.21. The summed E-state index contributed by atoms with van der Waals surface area (Å²) in [6, 6.07) is 10.7. The van der Waals surface area contributed by atoms with Crippen LogP contribution in [0.5, 0.6) is 0 Å². The van der Waals surface area contributed by atoms with E-state index in [1.807, 2.05) is 18.3 Å². The monoisotopic (exact) mass is 438 g/mol. The molecule has 0 bridgehead atoms. The van der Waals surface area contributed by atoms with Crippen molar-refractivity contribution in [3.63, 3.8) is 0 Å². The zero-order valence-corrected chi connectivity index (χ0v) is 18.3. The van der Waals surface area contributed by atoms with Crippen LogP contribution in [0.15, 0.2) is 55.0 Å². The van der Waals surface area contributed by atoms with Crippen molar-refractivity contribution in [3.05, 3.63) is 77.1 Å². The fourth-order valence-corrected chi connectivity index (χ4v) is 4.53. The van der Waals surface area contributed by atoms with Crippen molar-refractivity contribution < 1.29 is 4.39 Å². The number of halogens is 2. The van der Waals surface area contributed by atoms with E-state index in [4.69, 9.17) is 17.3 Å². The molecular weight excluding hydrogens is 411 g/mol. The van der Waals surface area contributed by atoms with Crippen LogP contribution in [0.2, 0.25) is 5.02 Å². The number of anilines is 1. The van der Waals surface area contributed by atoms with Crippen LogP contribution in [-0.4, -0.2) is 16.5 Å². The Morgan fingerprint density at radius 1 is 1.03 bits per heavy atom. The molecule has 1 aliphatic carbocycles. The van der Waals surface area contributed by atoms with Crippen molar-refractivity contribution in [2.45, 2.75) is 38.6 Å². The van der Waals surface area contributed by atoms with Gasteiger partial charge in [0, 0.05) is 42.0 Å². The number of rotatable bonds is 7. The van der Waals surface area contributed by atoms with Crippen molar-refractivity contribution in [1.29, 1.82) is 0 Å². The number of nitrogens with two attached hydrogens (primary N) is 1. The van der Waals surface area contributed by atoms with E-state index in [1.54, 1.807) is 18.5 Å². The number of hydrogen-bond donors (Lipinski definition) is 2. The Balaban J connectivity index is 1.46. The standard InChI is InChI=1S/C25H28ClFN4/c26-25-16-31-22(9-17-4-6-18(12-28)7-5-17)11-24(25)20-10-23(15-29-14-20)30-13-19-2-1-3-21(27)8-19/h1-3,8,10-11,14-18,30H,4-7,9,12-13,28H2. The second kappa shape index (κ2) is 10.2. The maximum absolute atomic E-state index is 13.4. The fraction of sp³-hybridized carbons (Fsp3) is 0.360. The molecule has 3 N–H and O–H groups in total. The Labute approximate surface area is 188 Å². The predicted octanol–water partition coefficient (Wildman–Crippen LogP) is 5.86. The van der Waals surface area contributed by atoms with Crippen molar-refractivity contribution in [1.82, 2.24) is 9.97 Å². The minimum atomic E-state index is -0.237. The van der Waals surface area contributed by atoms with Gasteiger partial charge in [0.15, 0.2) is 0 Å². The van der Waals surface area contributed by atoms with Gasteiger partial charge in [-0.1, -0.05) is 23.7 Å². The van der Waals surface area contributed by atoms with Gasteiger partial charge in [-0.3, -0.25) is 9.97 Å². The normalized spacial score (nSPS) is 18.7. The van der Waals surface area contributed by atoms with Gasteiger partial charge in [0.05, 0.1) is 10.7 Å². The first-order chi connectivity index (χ1) is 15.1. The molecule has 0 amide bonds. The van der Waals surface area contributed by atoms with E-state index in [2.05, 4.69) is 21.4 Å². The maximum atomic E-state index is 13.4. The lowest BCUT2D eigenvalue weighted by Crippen LogP contribution is -2.22. The number of hydrogen-bond acceptors (Lipinski definition) is 4. The molecule has 162 valence electrons. The van der Waals surface area contributed by atoms with E-state index in [0.717, 1.165) is 41.0 Å². The summed E-state index contributed by atoms with van der Waals surface area (Å²) in [5.41, 5.74) is 10.5. The lowest BCUT2D eigenvalue weighted by Gasteiger charge is -2.27. The van der Waals surface area contributed by atoms with Gasteiger partial charge < -0.3 is 11.1 Å². The third kappa shape index (κ3) is 5.81. The molecule has 0 saturated heterocycles. The molecule has 4 rings (SSSR count). The first-order valence-electron chi connectivity index (χ1n) is 10.9. The fourth-order valence-electron chi connectivity index (χ4n) is 4.32. The lowest BCUT2D eigenvalue weighted by atomic mass is 9.80. The Hall–Kier alpha value is -2.50. The minimum absolute atomic E-state index is 0.237. The largest absolute Gasteiger partial charge is 0.380 e. The molecular formula is C25H28ClFN4. The topological polar surface area (TPSA) is 63.8 Å². The molecule has 6 heteroatoms. The van der Waals surface area contributed by atoms with Crippen LogP contribution in [0.4, 0.5) is 10.1 Å². The van der Waals surface area contributed by atoms with E-state index >= 15 is 0 Å². The number of benzene rings is 1. The van der Waals surface area contributed by atoms with Crippen LogP contribution in [0, 0.1) is 17.7 Å². The van der Waals surface area contributed by atoms with Crippen LogP contribution in [0.3, 0.4) is 0 Å². The summed E-state index contributed by atoms with van der Waals surface area (Å²) in [5.74, 6) is 1.10. The second-order valence-electron chi connectivity index (χ2n) is 8.43. The van der Waals surface area contributed by atoms with E-state index in [-0.39, 0.29) is 5.82 Å². The van der Waals surface area contributed by atoms with Gasteiger partial charge in [-0.15, -0.1) is 0 Å². The zero-order chi connectivity index (χ0) is 21.6. The first-order valence-corrected chi connectivity index (χ1v) is 11.3. The minimum Gasteiger partial charge on any atom is -0.380 e. The van der Waals surface area contributed by atoms with Gasteiger partial charge >= 0.3 is 0 Å². The molecule has 2 heterocycles. The molecule has 0 atom stereocenters. The first kappa shape index (κ1) is 21.7. The Morgan fingerprint density at radius 3 is 2.61 bits per heavy atom. The van der Waals surface area contributed by atoms with Gasteiger partial charge in [0.2, 0.25) is 0 Å². The zero-order valence-electron chi connectivity index (χ0n) is 17.5. The smallest absolute Gasteiger partial charge is 0.123 e. The molecule has 1 fully saturated rings. The van der Waals surface area contributed by atoms with E-state index < -0.39 is 0 Å². The summed E-state index contributed by atoms with van der Waals surface area (Å²) >= 11 is 6.49. The highest BCUT2D eigenvalue weighted by molar-refractivity contribution is 6.33. The van der Waals surface area contributed by atoms with Crippen LogP contribution in [0.1, 0.15) is 36.9 Å². The molecule has 1 aromatic carbocycles. The molecule has 31 heavy (non-hydrogen) atoms. The third-order valence-electron chi connectivity index (χ3n) is 6.14. The Morgan fingerprint density at radius 2 is 1.84 bits per heavy atom. The third-order valence-corrected chi connectivity index (χ3v) is 6.45. The molecule has 3 aromatic rings. The Bertz CT molecular complexity index is 1020. The summed E-state index contributed by atoms with van der Waals surface area (Å²) in [6.07, 6.45) is 11.1. The number of pyridine rings is 2. The van der Waals surface area contributed by atoms with Crippen LogP contribution < -0.4 is 11.1 Å². The molecule has 1 saturated carbocycles. The van der Waals surface area contributed by atoms with Gasteiger partial charge in [-0.05, 0) is 80.3 Å². The SMILES string of the molecule is NCC1CCC(Cc2cc(-c3cncc(NCc4cccc(F)c4)c3)c(Cl)cn2)CC1. The number of nitrogens with one attached hydrogen (secondary N) is 1. The van der Waals surface area contributed by atoms with E-state index in [1.165, 1.54) is 37.8 Å². The molecule has 1 aliphatic rings. The van der Waals surface area contributed by atoms with E-state index in [0.29, 0.717) is 23.4 Å². The highest BCUT2D eigenvalue weighted by atomic mass is 35.5. The molecule has 0 spiro atoms. The van der Waals surface area contributed by atoms with Crippen molar-refractivity contribution in [3.8, 4) is 11.1 Å². The number of nitrogens with zero attached hydrogens (tertiary/aromatic N) is 2. The van der Waals surface area contributed by atoms with Crippen LogP contribution >= 0.6 is 11.6 Å². The molecule has 0 radical (unpaired) electrons. The summed E-state index contributed by atoms with van der Waals surface area (Å²) in [6.45, 7) is 1.32. The average Bonchev–Trinajstić information content (AvgIpc) is 2.80. The van der Waals surface area contributed by atoms with Gasteiger partial charge in [0.1, 0.15) is 5.82 Å². The molecule has 0 aliphatic heterocycles. The van der Waals surface area contributed by atoms with E-state index in [9.17, 15) is 4.39 Å². The lowest BCUT2D eigenvalue weighted by molar-refractivity contribution is 0.277. The quantitative estimate of drug-likeness (QED) is 0.485. The average molecular weight is 439 g/mol. The number of aromatic nitrogens is 2. The molecule has 4 nitrogen and oxygen atoms in total. The van der Waals surface area contributed by atoms with Crippen molar-refractivity contribution in [2.24, 2.45) is 17.6 Å². The second-order valence-corrected chi connectivity index (χ2v) is 8.84. The summed E-state index contributed by atoms with van der Waals surface area (Å²) in [5, 5.41) is 3.92. The van der Waals surface area contributed by atoms with Gasteiger partial charge in [-0.25, -0.2) is 4.39 Å². The van der Waals surface area contributed by atoms with Gasteiger partial charge in [-0.2, -0.15) is 0 Å². The van der Waals surface area contributed by atoms with Crippen molar-refractivity contribution in [2.75, 3.05) is 11.9 Å². The summed E-state index contributed by atoms with van der Waals surface area (Å²) in [7, 11) is 0. The highest BCUT2D eigenvalue weighted by Crippen LogP contribution is 2.33. The van der Waals surface area contributed by atoms with Crippen molar-refractivity contribution >= 4 is 17.3 Å². The maximum Gasteiger partial charge on any atom is 0.123 e. The van der Waals surface area contributed by atoms with Gasteiger partial charge in [0.25, 0.3) is 0 Å². The van der Waals surface area contributed by atoms with Crippen LogP contribution in [0.25, 0.3) is 11.1 Å².